The van der Waals surface area contributed by atoms with E-state index >= 15 is 0 Å². The average Bonchev–Trinajstić information content (AvgIpc) is 2.47. The number of carbonyl (C=O) groups excluding carboxylic acids is 1. The lowest BCUT2D eigenvalue weighted by atomic mass is 9.81. The summed E-state index contributed by atoms with van der Waals surface area (Å²) < 4.78 is 40.0. The Hall–Kier alpha value is -1.76. The summed E-state index contributed by atoms with van der Waals surface area (Å²) in [6, 6.07) is 5.36. The first kappa shape index (κ1) is 17.6. The number of halogens is 3. The molecule has 7 heteroatoms. The van der Waals surface area contributed by atoms with Crippen LogP contribution in [-0.4, -0.2) is 31.9 Å². The van der Waals surface area contributed by atoms with Gasteiger partial charge in [-0.15, -0.1) is 13.2 Å². The van der Waals surface area contributed by atoms with E-state index in [4.69, 9.17) is 0 Å². The predicted molar refractivity (Wildman–Crippen MR) is 80.0 cm³/mol. The third kappa shape index (κ3) is 6.09. The Kier molecular flexibility index (Phi) is 5.51. The highest BCUT2D eigenvalue weighted by molar-refractivity contribution is 5.78. The van der Waals surface area contributed by atoms with E-state index < -0.39 is 6.36 Å². The van der Waals surface area contributed by atoms with Crippen molar-refractivity contribution in [1.29, 1.82) is 0 Å². The molecule has 0 atom stereocenters. The minimum Gasteiger partial charge on any atom is -0.406 e. The van der Waals surface area contributed by atoms with E-state index in [1.807, 2.05) is 0 Å². The maximum atomic E-state index is 12.1. The third-order valence-electron chi connectivity index (χ3n) is 4.04. The fraction of sp³-hybridized carbons (Fsp3) is 0.562. The van der Waals surface area contributed by atoms with Crippen LogP contribution in [0.5, 0.6) is 5.75 Å². The monoisotopic (exact) mass is 330 g/mol. The first-order chi connectivity index (χ1) is 10.8. The predicted octanol–water partition coefficient (Wildman–Crippen LogP) is 2.63. The number of benzene rings is 1. The van der Waals surface area contributed by atoms with Gasteiger partial charge in [-0.2, -0.15) is 0 Å². The number of nitrogens with one attached hydrogen (secondary N) is 2. The topological polar surface area (TPSA) is 50.4 Å². The Bertz CT molecular complexity index is 523. The second-order valence-electron chi connectivity index (χ2n) is 6.21. The van der Waals surface area contributed by atoms with E-state index in [9.17, 15) is 18.0 Å². The van der Waals surface area contributed by atoms with Crippen LogP contribution in [0.15, 0.2) is 24.3 Å². The molecule has 128 valence electrons. The lowest BCUT2D eigenvalue weighted by molar-refractivity contribution is -0.274. The van der Waals surface area contributed by atoms with Crippen LogP contribution in [0, 0.1) is 5.41 Å². The van der Waals surface area contributed by atoms with Crippen molar-refractivity contribution in [3.8, 4) is 5.75 Å². The Morgan fingerprint density at radius 3 is 2.43 bits per heavy atom. The molecule has 0 aromatic heterocycles. The summed E-state index contributed by atoms with van der Waals surface area (Å²) in [4.78, 5) is 12.0. The van der Waals surface area contributed by atoms with Gasteiger partial charge in [0.1, 0.15) is 5.75 Å². The lowest BCUT2D eigenvalue weighted by Gasteiger charge is -2.34. The number of hydrogen-bond donors (Lipinski definition) is 2. The van der Waals surface area contributed by atoms with Gasteiger partial charge in [0.05, 0.1) is 6.42 Å². The summed E-state index contributed by atoms with van der Waals surface area (Å²) in [5.41, 5.74) is 0.748. The molecule has 1 aromatic carbocycles. The van der Waals surface area contributed by atoms with Gasteiger partial charge < -0.3 is 15.4 Å². The number of hydrogen-bond acceptors (Lipinski definition) is 3. The second kappa shape index (κ2) is 7.21. The molecule has 1 heterocycles. The van der Waals surface area contributed by atoms with Gasteiger partial charge in [-0.1, -0.05) is 19.1 Å². The van der Waals surface area contributed by atoms with Crippen LogP contribution in [0.2, 0.25) is 0 Å². The minimum atomic E-state index is -4.71. The fourth-order valence-electron chi connectivity index (χ4n) is 2.58. The molecule has 1 aliphatic rings. The Labute approximate surface area is 133 Å². The largest absolute Gasteiger partial charge is 0.573 e. The molecule has 0 bridgehead atoms. The summed E-state index contributed by atoms with van der Waals surface area (Å²) in [5, 5.41) is 6.20. The van der Waals surface area contributed by atoms with Gasteiger partial charge in [-0.25, -0.2) is 0 Å². The highest BCUT2D eigenvalue weighted by Crippen LogP contribution is 2.26. The lowest BCUT2D eigenvalue weighted by Crippen LogP contribution is -2.43. The summed E-state index contributed by atoms with van der Waals surface area (Å²) in [7, 11) is 0. The fourth-order valence-corrected chi connectivity index (χ4v) is 2.58. The standard InChI is InChI=1S/C16H21F3N2O2/c1-15(6-8-20-9-7-15)11-21-14(22)10-12-2-4-13(5-3-12)23-16(17,18)19/h2-5,20H,6-11H2,1H3,(H,21,22). The van der Waals surface area contributed by atoms with Crippen LogP contribution < -0.4 is 15.4 Å². The Morgan fingerprint density at radius 2 is 1.87 bits per heavy atom. The van der Waals surface area contributed by atoms with E-state index in [0.717, 1.165) is 25.9 Å². The summed E-state index contributed by atoms with van der Waals surface area (Å²) in [6.07, 6.45) is -2.54. The van der Waals surface area contributed by atoms with Crippen molar-refractivity contribution >= 4 is 5.91 Å². The molecule has 0 unspecified atom stereocenters. The van der Waals surface area contributed by atoms with Gasteiger partial charge in [-0.3, -0.25) is 4.79 Å². The maximum absolute atomic E-state index is 12.1. The van der Waals surface area contributed by atoms with Crippen LogP contribution in [0.4, 0.5) is 13.2 Å². The Morgan fingerprint density at radius 1 is 1.26 bits per heavy atom. The summed E-state index contributed by atoms with van der Waals surface area (Å²) in [6.45, 7) is 4.67. The van der Waals surface area contributed by atoms with E-state index in [-0.39, 0.29) is 23.5 Å². The van der Waals surface area contributed by atoms with E-state index in [1.54, 1.807) is 0 Å². The van der Waals surface area contributed by atoms with Gasteiger partial charge >= 0.3 is 6.36 Å². The molecule has 2 N–H and O–H groups in total. The van der Waals surface area contributed by atoms with Crippen LogP contribution in [0.1, 0.15) is 25.3 Å². The molecule has 0 saturated carbocycles. The summed E-state index contributed by atoms with van der Waals surface area (Å²) >= 11 is 0. The van der Waals surface area contributed by atoms with E-state index in [1.165, 1.54) is 24.3 Å². The molecule has 0 spiro atoms. The van der Waals surface area contributed by atoms with Crippen LogP contribution in [0.3, 0.4) is 0 Å². The van der Waals surface area contributed by atoms with E-state index in [0.29, 0.717) is 12.1 Å². The molecule has 23 heavy (non-hydrogen) atoms. The molecular weight excluding hydrogens is 309 g/mol. The van der Waals surface area contributed by atoms with Crippen LogP contribution in [0.25, 0.3) is 0 Å². The maximum Gasteiger partial charge on any atom is 0.573 e. The number of ether oxygens (including phenoxy) is 1. The van der Waals surface area contributed by atoms with Crippen molar-refractivity contribution in [2.45, 2.75) is 32.5 Å². The number of rotatable bonds is 5. The van der Waals surface area contributed by atoms with Crippen LogP contribution >= 0.6 is 0 Å². The molecule has 1 aromatic rings. The third-order valence-corrected chi connectivity index (χ3v) is 4.04. The molecule has 1 amide bonds. The Balaban J connectivity index is 1.81. The van der Waals surface area contributed by atoms with Gasteiger partial charge in [0.15, 0.2) is 0 Å². The van der Waals surface area contributed by atoms with Crippen molar-refractivity contribution in [1.82, 2.24) is 10.6 Å². The minimum absolute atomic E-state index is 0.102. The number of carbonyl (C=O) groups is 1. The number of amides is 1. The first-order valence-corrected chi connectivity index (χ1v) is 7.58. The normalized spacial score (nSPS) is 17.6. The van der Waals surface area contributed by atoms with Gasteiger partial charge in [0, 0.05) is 6.54 Å². The smallest absolute Gasteiger partial charge is 0.406 e. The SMILES string of the molecule is CC1(CNC(=O)Cc2ccc(OC(F)(F)F)cc2)CCNCC1. The summed E-state index contributed by atoms with van der Waals surface area (Å²) in [5.74, 6) is -0.418. The van der Waals surface area contributed by atoms with Gasteiger partial charge in [-0.05, 0) is 49.0 Å². The van der Waals surface area contributed by atoms with Crippen molar-refractivity contribution in [3.63, 3.8) is 0 Å². The average molecular weight is 330 g/mol. The van der Waals surface area contributed by atoms with Crippen molar-refractivity contribution < 1.29 is 22.7 Å². The highest BCUT2D eigenvalue weighted by atomic mass is 19.4. The highest BCUT2D eigenvalue weighted by Gasteiger charge is 2.31. The molecule has 1 aliphatic heterocycles. The molecule has 4 nitrogen and oxygen atoms in total. The first-order valence-electron chi connectivity index (χ1n) is 7.58. The molecule has 0 radical (unpaired) electrons. The number of alkyl halides is 3. The van der Waals surface area contributed by atoms with Gasteiger partial charge in [0.25, 0.3) is 0 Å². The van der Waals surface area contributed by atoms with Crippen molar-refractivity contribution in [3.05, 3.63) is 29.8 Å². The zero-order valence-corrected chi connectivity index (χ0v) is 13.0. The zero-order valence-electron chi connectivity index (χ0n) is 13.0. The molecular formula is C16H21F3N2O2. The molecule has 1 saturated heterocycles. The van der Waals surface area contributed by atoms with Crippen LogP contribution in [-0.2, 0) is 11.2 Å². The molecule has 2 rings (SSSR count). The van der Waals surface area contributed by atoms with Crippen molar-refractivity contribution in [2.24, 2.45) is 5.41 Å². The molecule has 0 aliphatic carbocycles. The molecule has 1 fully saturated rings. The quantitative estimate of drug-likeness (QED) is 0.873. The van der Waals surface area contributed by atoms with E-state index in [2.05, 4.69) is 22.3 Å². The second-order valence-corrected chi connectivity index (χ2v) is 6.21. The van der Waals surface area contributed by atoms with Gasteiger partial charge in [0.2, 0.25) is 5.91 Å². The van der Waals surface area contributed by atoms with Crippen molar-refractivity contribution in [2.75, 3.05) is 19.6 Å². The zero-order chi connectivity index (χ0) is 16.9. The number of piperidine rings is 1.